The third-order valence-electron chi connectivity index (χ3n) is 4.26. The predicted molar refractivity (Wildman–Crippen MR) is 73.8 cm³/mol. The lowest BCUT2D eigenvalue weighted by Crippen LogP contribution is -2.43. The Hall–Kier alpha value is -0.120. The fraction of sp³-hybridized carbons (Fsp3) is 1.00. The second kappa shape index (κ2) is 8.13. The fourth-order valence-corrected chi connectivity index (χ4v) is 3.16. The smallest absolute Gasteiger partial charge is 0.0576 e. The number of hydrogen-bond donors (Lipinski definition) is 1. The fourth-order valence-electron chi connectivity index (χ4n) is 3.16. The van der Waals surface area contributed by atoms with Gasteiger partial charge in [0.05, 0.1) is 12.7 Å². The van der Waals surface area contributed by atoms with Gasteiger partial charge in [-0.1, -0.05) is 13.3 Å². The Bertz CT molecular complexity index is 217. The van der Waals surface area contributed by atoms with Gasteiger partial charge in [-0.25, -0.2) is 0 Å². The number of hydrogen-bond acceptors (Lipinski definition) is 3. The highest BCUT2D eigenvalue weighted by Crippen LogP contribution is 2.24. The molecule has 3 nitrogen and oxygen atoms in total. The molecule has 0 aliphatic carbocycles. The van der Waals surface area contributed by atoms with E-state index in [9.17, 15) is 0 Å². The minimum absolute atomic E-state index is 0.552. The highest BCUT2D eigenvalue weighted by atomic mass is 16.5. The zero-order valence-corrected chi connectivity index (χ0v) is 11.8. The van der Waals surface area contributed by atoms with E-state index < -0.39 is 0 Å². The Morgan fingerprint density at radius 2 is 2.11 bits per heavy atom. The Labute approximate surface area is 112 Å². The molecule has 106 valence electrons. The van der Waals surface area contributed by atoms with E-state index in [1.807, 2.05) is 0 Å². The third kappa shape index (κ3) is 4.52. The van der Waals surface area contributed by atoms with Gasteiger partial charge in [0.25, 0.3) is 0 Å². The molecule has 0 aromatic heterocycles. The lowest BCUT2D eigenvalue weighted by Gasteiger charge is -2.32. The van der Waals surface area contributed by atoms with Crippen LogP contribution in [-0.4, -0.2) is 38.5 Å². The summed E-state index contributed by atoms with van der Waals surface area (Å²) in [5.41, 5.74) is 0. The van der Waals surface area contributed by atoms with E-state index in [0.29, 0.717) is 18.1 Å². The quantitative estimate of drug-likeness (QED) is 0.759. The average molecular weight is 255 g/mol. The summed E-state index contributed by atoms with van der Waals surface area (Å²) in [4.78, 5) is 0. The van der Waals surface area contributed by atoms with Crippen molar-refractivity contribution in [3.05, 3.63) is 0 Å². The molecule has 0 spiro atoms. The Balaban J connectivity index is 1.64. The van der Waals surface area contributed by atoms with Crippen LogP contribution in [-0.2, 0) is 9.47 Å². The minimum Gasteiger partial charge on any atom is -0.381 e. The monoisotopic (exact) mass is 255 g/mol. The topological polar surface area (TPSA) is 30.5 Å². The summed E-state index contributed by atoms with van der Waals surface area (Å²) in [6.07, 6.45) is 9.33. The van der Waals surface area contributed by atoms with Crippen LogP contribution in [0, 0.1) is 5.92 Å². The SMILES string of the molecule is CCCNC1CCOCC1CCCC1CCCO1. The normalized spacial score (nSPS) is 32.8. The van der Waals surface area contributed by atoms with Crippen LogP contribution in [0.5, 0.6) is 0 Å². The van der Waals surface area contributed by atoms with E-state index in [-0.39, 0.29) is 0 Å². The van der Waals surface area contributed by atoms with Gasteiger partial charge in [0.2, 0.25) is 0 Å². The van der Waals surface area contributed by atoms with Gasteiger partial charge in [0.15, 0.2) is 0 Å². The van der Waals surface area contributed by atoms with Crippen molar-refractivity contribution in [2.24, 2.45) is 5.92 Å². The van der Waals surface area contributed by atoms with E-state index in [0.717, 1.165) is 26.4 Å². The largest absolute Gasteiger partial charge is 0.381 e. The van der Waals surface area contributed by atoms with Crippen LogP contribution in [0.2, 0.25) is 0 Å². The summed E-state index contributed by atoms with van der Waals surface area (Å²) in [6, 6.07) is 0.684. The second-order valence-electron chi connectivity index (χ2n) is 5.75. The molecule has 0 amide bonds. The predicted octanol–water partition coefficient (Wildman–Crippen LogP) is 2.74. The van der Waals surface area contributed by atoms with Gasteiger partial charge in [-0.2, -0.15) is 0 Å². The number of nitrogens with one attached hydrogen (secondary N) is 1. The lowest BCUT2D eigenvalue weighted by molar-refractivity contribution is 0.0254. The van der Waals surface area contributed by atoms with Crippen molar-refractivity contribution >= 4 is 0 Å². The highest BCUT2D eigenvalue weighted by molar-refractivity contribution is 4.80. The Morgan fingerprint density at radius 1 is 1.17 bits per heavy atom. The van der Waals surface area contributed by atoms with Gasteiger partial charge in [-0.05, 0) is 51.0 Å². The van der Waals surface area contributed by atoms with Crippen molar-refractivity contribution in [3.8, 4) is 0 Å². The highest BCUT2D eigenvalue weighted by Gasteiger charge is 2.25. The maximum absolute atomic E-state index is 5.69. The second-order valence-corrected chi connectivity index (χ2v) is 5.75. The molecule has 3 atom stereocenters. The summed E-state index contributed by atoms with van der Waals surface area (Å²) >= 11 is 0. The van der Waals surface area contributed by atoms with Crippen LogP contribution in [0.25, 0.3) is 0 Å². The van der Waals surface area contributed by atoms with Gasteiger partial charge in [-0.15, -0.1) is 0 Å². The van der Waals surface area contributed by atoms with Gasteiger partial charge < -0.3 is 14.8 Å². The summed E-state index contributed by atoms with van der Waals surface area (Å²) in [7, 11) is 0. The van der Waals surface area contributed by atoms with Crippen LogP contribution >= 0.6 is 0 Å². The van der Waals surface area contributed by atoms with Crippen LogP contribution in [0.1, 0.15) is 51.9 Å². The average Bonchev–Trinajstić information content (AvgIpc) is 2.91. The van der Waals surface area contributed by atoms with Crippen molar-refractivity contribution in [2.75, 3.05) is 26.4 Å². The van der Waals surface area contributed by atoms with Gasteiger partial charge >= 0.3 is 0 Å². The van der Waals surface area contributed by atoms with Crippen LogP contribution < -0.4 is 5.32 Å². The minimum atomic E-state index is 0.552. The molecular formula is C15H29NO2. The molecule has 3 unspecified atom stereocenters. The van der Waals surface area contributed by atoms with Crippen molar-refractivity contribution in [2.45, 2.75) is 64.0 Å². The lowest BCUT2D eigenvalue weighted by atomic mass is 9.90. The van der Waals surface area contributed by atoms with E-state index >= 15 is 0 Å². The molecule has 2 aliphatic rings. The van der Waals surface area contributed by atoms with Crippen LogP contribution in [0.15, 0.2) is 0 Å². The summed E-state index contributed by atoms with van der Waals surface area (Å²) in [5, 5.41) is 3.69. The first-order valence-corrected chi connectivity index (χ1v) is 7.83. The van der Waals surface area contributed by atoms with Crippen molar-refractivity contribution < 1.29 is 9.47 Å². The molecule has 2 aliphatic heterocycles. The Kier molecular flexibility index (Phi) is 6.46. The molecule has 0 bridgehead atoms. The summed E-state index contributed by atoms with van der Waals surface area (Å²) < 4.78 is 11.3. The van der Waals surface area contributed by atoms with Crippen molar-refractivity contribution in [1.82, 2.24) is 5.32 Å². The van der Waals surface area contributed by atoms with E-state index in [2.05, 4.69) is 12.2 Å². The van der Waals surface area contributed by atoms with Gasteiger partial charge in [-0.3, -0.25) is 0 Å². The Morgan fingerprint density at radius 3 is 2.89 bits per heavy atom. The van der Waals surface area contributed by atoms with Crippen LogP contribution in [0.4, 0.5) is 0 Å². The first-order valence-electron chi connectivity index (χ1n) is 7.83. The zero-order valence-electron chi connectivity index (χ0n) is 11.8. The van der Waals surface area contributed by atoms with E-state index in [1.54, 1.807) is 0 Å². The molecule has 2 rings (SSSR count). The number of rotatable bonds is 7. The van der Waals surface area contributed by atoms with Gasteiger partial charge in [0.1, 0.15) is 0 Å². The van der Waals surface area contributed by atoms with Crippen molar-refractivity contribution in [1.29, 1.82) is 0 Å². The summed E-state index contributed by atoms with van der Waals surface area (Å²) in [6.45, 7) is 6.25. The molecule has 18 heavy (non-hydrogen) atoms. The molecule has 1 N–H and O–H groups in total. The first-order chi connectivity index (χ1) is 8.90. The molecular weight excluding hydrogens is 226 g/mol. The number of ether oxygens (including phenoxy) is 2. The van der Waals surface area contributed by atoms with E-state index in [4.69, 9.17) is 9.47 Å². The third-order valence-corrected chi connectivity index (χ3v) is 4.26. The first kappa shape index (κ1) is 14.3. The van der Waals surface area contributed by atoms with Crippen LogP contribution in [0.3, 0.4) is 0 Å². The molecule has 0 aromatic rings. The van der Waals surface area contributed by atoms with E-state index in [1.165, 1.54) is 44.9 Å². The van der Waals surface area contributed by atoms with Crippen molar-refractivity contribution in [3.63, 3.8) is 0 Å². The molecule has 2 fully saturated rings. The molecule has 2 heterocycles. The standard InChI is InChI=1S/C15H29NO2/c1-2-9-16-15-8-11-17-12-13(15)5-3-6-14-7-4-10-18-14/h13-16H,2-12H2,1H3. The molecule has 0 aromatic carbocycles. The molecule has 0 saturated carbocycles. The molecule has 3 heteroatoms. The zero-order chi connectivity index (χ0) is 12.6. The maximum atomic E-state index is 5.69. The maximum Gasteiger partial charge on any atom is 0.0576 e. The summed E-state index contributed by atoms with van der Waals surface area (Å²) in [5.74, 6) is 0.715. The van der Waals surface area contributed by atoms with Gasteiger partial charge in [0, 0.05) is 19.3 Å². The molecule has 2 saturated heterocycles. The molecule has 0 radical (unpaired) electrons.